The molecule has 0 heterocycles. The Hall–Kier alpha value is -0.790. The van der Waals surface area contributed by atoms with Crippen molar-refractivity contribution in [3.63, 3.8) is 0 Å². The topological polar surface area (TPSA) is 26.3 Å². The van der Waals surface area contributed by atoms with Crippen molar-refractivity contribution in [2.75, 3.05) is 0 Å². The molecule has 2 heteroatoms. The predicted molar refractivity (Wildman–Crippen MR) is 86.8 cm³/mol. The van der Waals surface area contributed by atoms with E-state index >= 15 is 0 Å². The molecular formula is C18H34O2. The molecule has 0 N–H and O–H groups in total. The van der Waals surface area contributed by atoms with Gasteiger partial charge in [-0.05, 0) is 26.2 Å². The number of hydrogen-bond donors (Lipinski definition) is 0. The quantitative estimate of drug-likeness (QED) is 0.293. The molecule has 0 radical (unpaired) electrons. The van der Waals surface area contributed by atoms with Gasteiger partial charge >= 0.3 is 5.97 Å². The Balaban J connectivity index is 4.92. The van der Waals surface area contributed by atoms with E-state index in [2.05, 4.69) is 41.2 Å². The third-order valence-corrected chi connectivity index (χ3v) is 4.67. The first-order valence-corrected chi connectivity index (χ1v) is 8.15. The fourth-order valence-corrected chi connectivity index (χ4v) is 2.98. The zero-order valence-electron chi connectivity index (χ0n) is 14.5. The normalized spacial score (nSPS) is 12.3. The second-order valence-electron chi connectivity index (χ2n) is 6.57. The molecule has 20 heavy (non-hydrogen) atoms. The van der Waals surface area contributed by atoms with Crippen LogP contribution in [0.2, 0.25) is 0 Å². The summed E-state index contributed by atoms with van der Waals surface area (Å²) in [5, 5.41) is 0. The number of ether oxygens (including phenoxy) is 1. The standard InChI is InChI=1S/C18H34O2/c1-8-11-12-13-14-17(6,7)18(9-2,10-3)20-16(19)15(4)5/h4,8-14H2,1-3,5-7H3. The molecule has 2 nitrogen and oxygen atoms in total. The maximum absolute atomic E-state index is 12.0. The van der Waals surface area contributed by atoms with Crippen molar-refractivity contribution >= 4 is 5.97 Å². The van der Waals surface area contributed by atoms with Gasteiger partial charge < -0.3 is 4.74 Å². The van der Waals surface area contributed by atoms with Gasteiger partial charge in [0.2, 0.25) is 0 Å². The lowest BCUT2D eigenvalue weighted by Crippen LogP contribution is -2.47. The predicted octanol–water partition coefficient (Wildman–Crippen LogP) is 5.66. The maximum atomic E-state index is 12.0. The van der Waals surface area contributed by atoms with Crippen LogP contribution in [-0.2, 0) is 9.53 Å². The van der Waals surface area contributed by atoms with Gasteiger partial charge in [0, 0.05) is 11.0 Å². The summed E-state index contributed by atoms with van der Waals surface area (Å²) in [5.41, 5.74) is 0.1000. The van der Waals surface area contributed by atoms with Crippen LogP contribution in [0.15, 0.2) is 12.2 Å². The number of carbonyl (C=O) groups excluding carboxylic acids is 1. The summed E-state index contributed by atoms with van der Waals surface area (Å²) in [6, 6.07) is 0. The number of rotatable bonds is 10. The van der Waals surface area contributed by atoms with E-state index in [-0.39, 0.29) is 17.0 Å². The first kappa shape index (κ1) is 19.2. The lowest BCUT2D eigenvalue weighted by molar-refractivity contribution is -0.173. The lowest BCUT2D eigenvalue weighted by Gasteiger charge is -2.45. The van der Waals surface area contributed by atoms with E-state index in [1.165, 1.54) is 25.7 Å². The fraction of sp³-hybridized carbons (Fsp3) is 0.833. The highest BCUT2D eigenvalue weighted by Gasteiger charge is 2.45. The molecule has 0 saturated heterocycles. The molecule has 0 unspecified atom stereocenters. The van der Waals surface area contributed by atoms with Gasteiger partial charge in [-0.25, -0.2) is 4.79 Å². The van der Waals surface area contributed by atoms with Crippen LogP contribution in [0.1, 0.15) is 86.5 Å². The van der Waals surface area contributed by atoms with E-state index in [1.807, 2.05) is 0 Å². The third-order valence-electron chi connectivity index (χ3n) is 4.67. The summed E-state index contributed by atoms with van der Waals surface area (Å²) in [7, 11) is 0. The Bertz CT molecular complexity index is 311. The SMILES string of the molecule is C=C(C)C(=O)OC(CC)(CC)C(C)(C)CCCCCC. The zero-order chi connectivity index (χ0) is 15.8. The molecule has 0 amide bonds. The van der Waals surface area contributed by atoms with Crippen molar-refractivity contribution in [3.05, 3.63) is 12.2 Å². The maximum Gasteiger partial charge on any atom is 0.333 e. The molecular weight excluding hydrogens is 248 g/mol. The monoisotopic (exact) mass is 282 g/mol. The van der Waals surface area contributed by atoms with Crippen LogP contribution in [0.4, 0.5) is 0 Å². The number of esters is 1. The van der Waals surface area contributed by atoms with Crippen LogP contribution < -0.4 is 0 Å². The fourth-order valence-electron chi connectivity index (χ4n) is 2.98. The van der Waals surface area contributed by atoms with Gasteiger partial charge in [-0.1, -0.05) is 66.9 Å². The Morgan fingerprint density at radius 1 is 1.05 bits per heavy atom. The van der Waals surface area contributed by atoms with Crippen LogP contribution in [0.25, 0.3) is 0 Å². The van der Waals surface area contributed by atoms with Crippen LogP contribution >= 0.6 is 0 Å². The second-order valence-corrected chi connectivity index (χ2v) is 6.57. The molecule has 0 atom stereocenters. The molecule has 118 valence electrons. The van der Waals surface area contributed by atoms with E-state index in [4.69, 9.17) is 4.74 Å². The molecule has 0 aliphatic heterocycles. The molecule has 0 rings (SSSR count). The number of unbranched alkanes of at least 4 members (excludes halogenated alkanes) is 3. The molecule has 0 aliphatic carbocycles. The largest absolute Gasteiger partial charge is 0.455 e. The highest BCUT2D eigenvalue weighted by molar-refractivity contribution is 5.87. The van der Waals surface area contributed by atoms with Crippen molar-refractivity contribution in [1.29, 1.82) is 0 Å². The van der Waals surface area contributed by atoms with E-state index < -0.39 is 0 Å². The molecule has 0 saturated carbocycles. The molecule has 0 aromatic carbocycles. The lowest BCUT2D eigenvalue weighted by atomic mass is 9.68. The molecule has 0 aliphatic rings. The van der Waals surface area contributed by atoms with Crippen molar-refractivity contribution in [2.45, 2.75) is 92.1 Å². The second kappa shape index (κ2) is 8.49. The minimum Gasteiger partial charge on any atom is -0.455 e. The molecule has 0 fully saturated rings. The van der Waals surface area contributed by atoms with Crippen LogP contribution in [-0.4, -0.2) is 11.6 Å². The van der Waals surface area contributed by atoms with Crippen molar-refractivity contribution in [1.82, 2.24) is 0 Å². The molecule has 0 bridgehead atoms. The molecule has 0 spiro atoms. The van der Waals surface area contributed by atoms with E-state index in [1.54, 1.807) is 6.92 Å². The summed E-state index contributed by atoms with van der Waals surface area (Å²) in [6.07, 6.45) is 7.79. The third kappa shape index (κ3) is 4.96. The first-order valence-electron chi connectivity index (χ1n) is 8.15. The summed E-state index contributed by atoms with van der Waals surface area (Å²) in [5.74, 6) is -0.254. The van der Waals surface area contributed by atoms with Crippen molar-refractivity contribution in [3.8, 4) is 0 Å². The van der Waals surface area contributed by atoms with Gasteiger partial charge in [0.1, 0.15) is 5.60 Å². The smallest absolute Gasteiger partial charge is 0.333 e. The average Bonchev–Trinajstić information content (AvgIpc) is 2.40. The van der Waals surface area contributed by atoms with Gasteiger partial charge in [-0.15, -0.1) is 0 Å². The van der Waals surface area contributed by atoms with Crippen LogP contribution in [0.5, 0.6) is 0 Å². The summed E-state index contributed by atoms with van der Waals surface area (Å²) in [6.45, 7) is 16.3. The minimum absolute atomic E-state index is 0.00461. The van der Waals surface area contributed by atoms with Gasteiger partial charge in [-0.2, -0.15) is 0 Å². The highest BCUT2D eigenvalue weighted by atomic mass is 16.6. The minimum atomic E-state index is -0.380. The number of carbonyl (C=O) groups is 1. The molecule has 0 aromatic rings. The van der Waals surface area contributed by atoms with Crippen LogP contribution in [0, 0.1) is 5.41 Å². The van der Waals surface area contributed by atoms with E-state index in [0.717, 1.165) is 19.3 Å². The highest BCUT2D eigenvalue weighted by Crippen LogP contribution is 2.44. The Labute approximate surface area is 126 Å². The van der Waals surface area contributed by atoms with Gasteiger partial charge in [0.25, 0.3) is 0 Å². The number of hydrogen-bond acceptors (Lipinski definition) is 2. The Morgan fingerprint density at radius 3 is 2.00 bits per heavy atom. The molecule has 0 aromatic heterocycles. The van der Waals surface area contributed by atoms with Crippen LogP contribution in [0.3, 0.4) is 0 Å². The Morgan fingerprint density at radius 2 is 1.60 bits per heavy atom. The summed E-state index contributed by atoms with van der Waals surface area (Å²) >= 11 is 0. The summed E-state index contributed by atoms with van der Waals surface area (Å²) in [4.78, 5) is 12.0. The van der Waals surface area contributed by atoms with Gasteiger partial charge in [0.15, 0.2) is 0 Å². The Kier molecular flexibility index (Phi) is 8.15. The van der Waals surface area contributed by atoms with Gasteiger partial charge in [-0.3, -0.25) is 0 Å². The average molecular weight is 282 g/mol. The van der Waals surface area contributed by atoms with Crippen molar-refractivity contribution in [2.24, 2.45) is 5.41 Å². The van der Waals surface area contributed by atoms with E-state index in [0.29, 0.717) is 5.57 Å². The van der Waals surface area contributed by atoms with Gasteiger partial charge in [0.05, 0.1) is 0 Å². The zero-order valence-corrected chi connectivity index (χ0v) is 14.5. The van der Waals surface area contributed by atoms with E-state index in [9.17, 15) is 4.79 Å². The van der Waals surface area contributed by atoms with Crippen molar-refractivity contribution < 1.29 is 9.53 Å². The summed E-state index contributed by atoms with van der Waals surface area (Å²) < 4.78 is 5.88. The first-order chi connectivity index (χ1) is 9.26.